The number of furan rings is 2. The van der Waals surface area contributed by atoms with Gasteiger partial charge in [0, 0.05) is 33.4 Å². The molecule has 2 aromatic heterocycles. The lowest BCUT2D eigenvalue weighted by atomic mass is 9.83. The quantitative estimate of drug-likeness (QED) is 0.185. The van der Waals surface area contributed by atoms with Crippen molar-refractivity contribution in [3.8, 4) is 44.7 Å². The van der Waals surface area contributed by atoms with Crippen LogP contribution in [-0.2, 0) is 0 Å². The van der Waals surface area contributed by atoms with Crippen LogP contribution in [0, 0.1) is 0 Å². The van der Waals surface area contributed by atoms with Crippen molar-refractivity contribution in [1.29, 1.82) is 0 Å². The van der Waals surface area contributed by atoms with Crippen molar-refractivity contribution in [1.82, 2.24) is 0 Å². The normalized spacial score (nSPS) is 11.8. The molecule has 0 radical (unpaired) electrons. The maximum absolute atomic E-state index is 6.63. The van der Waals surface area contributed by atoms with Crippen LogP contribution in [-0.4, -0.2) is 0 Å². The Labute approximate surface area is 277 Å². The molecule has 10 aromatic rings. The molecule has 0 N–H and O–H groups in total. The standard InChI is InChI=1S/C46H28O2/c1-3-14-29(15-4-1)31-18-13-19-32(26-31)43-33-20-7-9-22-35(33)44(36-23-10-8-21-34(36)43)46-38-27-40(30-16-5-2-6-17-30)48-41(38)28-42-45(46)37-24-11-12-25-39(37)47-42/h1-28H. The number of rotatable bonds is 4. The SMILES string of the molecule is c1ccc(-c2cccc(-c3c4ccccc4c(-c4c5cc(-c6ccccc6)oc5cc5oc6ccccc6c45)c4ccccc34)c2)cc1. The van der Waals surface area contributed by atoms with E-state index >= 15 is 0 Å². The van der Waals surface area contributed by atoms with E-state index in [2.05, 4.69) is 158 Å². The minimum absolute atomic E-state index is 0.809. The van der Waals surface area contributed by atoms with Gasteiger partial charge in [0.25, 0.3) is 0 Å². The fourth-order valence-corrected chi connectivity index (χ4v) is 7.58. The van der Waals surface area contributed by atoms with E-state index in [-0.39, 0.29) is 0 Å². The van der Waals surface area contributed by atoms with Crippen molar-refractivity contribution < 1.29 is 8.83 Å². The molecule has 0 amide bonds. The van der Waals surface area contributed by atoms with Crippen LogP contribution in [0.1, 0.15) is 0 Å². The number of hydrogen-bond donors (Lipinski definition) is 0. The van der Waals surface area contributed by atoms with Crippen molar-refractivity contribution in [2.45, 2.75) is 0 Å². The lowest BCUT2D eigenvalue weighted by molar-refractivity contribution is 0.628. The van der Waals surface area contributed by atoms with E-state index in [0.29, 0.717) is 0 Å². The molecule has 0 saturated heterocycles. The zero-order chi connectivity index (χ0) is 31.6. The molecule has 0 aliphatic rings. The molecule has 0 saturated carbocycles. The van der Waals surface area contributed by atoms with Gasteiger partial charge in [-0.2, -0.15) is 0 Å². The van der Waals surface area contributed by atoms with E-state index in [1.807, 2.05) is 12.1 Å². The molecule has 2 heterocycles. The Morgan fingerprint density at radius 2 is 0.812 bits per heavy atom. The molecule has 0 spiro atoms. The number of fused-ring (bicyclic) bond motifs is 6. The van der Waals surface area contributed by atoms with Gasteiger partial charge in [0.05, 0.1) is 0 Å². The smallest absolute Gasteiger partial charge is 0.139 e. The third-order valence-corrected chi connectivity index (χ3v) is 9.66. The molecule has 8 aromatic carbocycles. The first-order valence-corrected chi connectivity index (χ1v) is 16.3. The third-order valence-electron chi connectivity index (χ3n) is 9.66. The maximum Gasteiger partial charge on any atom is 0.139 e. The van der Waals surface area contributed by atoms with Crippen molar-refractivity contribution in [3.05, 3.63) is 170 Å². The summed E-state index contributed by atoms with van der Waals surface area (Å²) in [6.07, 6.45) is 0. The Bertz CT molecular complexity index is 2760. The molecule has 0 bridgehead atoms. The van der Waals surface area contributed by atoms with Crippen LogP contribution in [0.15, 0.2) is 179 Å². The Morgan fingerprint density at radius 1 is 0.271 bits per heavy atom. The Kier molecular flexibility index (Phi) is 5.91. The topological polar surface area (TPSA) is 26.3 Å². The van der Waals surface area contributed by atoms with Gasteiger partial charge in [0.1, 0.15) is 22.5 Å². The summed E-state index contributed by atoms with van der Waals surface area (Å²) in [7, 11) is 0. The minimum atomic E-state index is 0.809. The summed E-state index contributed by atoms with van der Waals surface area (Å²) >= 11 is 0. The summed E-state index contributed by atoms with van der Waals surface area (Å²) in [6.45, 7) is 0. The van der Waals surface area contributed by atoms with Gasteiger partial charge in [0.2, 0.25) is 0 Å². The molecular formula is C46H28O2. The Hall–Kier alpha value is -6.38. The molecule has 0 fully saturated rings. The lowest BCUT2D eigenvalue weighted by Crippen LogP contribution is -1.92. The van der Waals surface area contributed by atoms with Crippen LogP contribution in [0.5, 0.6) is 0 Å². The zero-order valence-corrected chi connectivity index (χ0v) is 26.0. The number of hydrogen-bond acceptors (Lipinski definition) is 2. The monoisotopic (exact) mass is 612 g/mol. The second kappa shape index (κ2) is 10.6. The molecule has 0 aliphatic carbocycles. The minimum Gasteiger partial charge on any atom is -0.456 e. The number of benzene rings is 8. The van der Waals surface area contributed by atoms with Gasteiger partial charge in [-0.3, -0.25) is 0 Å². The molecule has 0 atom stereocenters. The van der Waals surface area contributed by atoms with Crippen molar-refractivity contribution >= 4 is 54.5 Å². The Morgan fingerprint density at radius 3 is 1.50 bits per heavy atom. The van der Waals surface area contributed by atoms with Crippen LogP contribution in [0.4, 0.5) is 0 Å². The molecule has 0 unspecified atom stereocenters. The molecule has 224 valence electrons. The summed E-state index contributed by atoms with van der Waals surface area (Å²) in [4.78, 5) is 0. The highest BCUT2D eigenvalue weighted by molar-refractivity contribution is 6.29. The average molecular weight is 613 g/mol. The molecule has 10 rings (SSSR count). The van der Waals surface area contributed by atoms with Crippen molar-refractivity contribution in [2.75, 3.05) is 0 Å². The molecule has 2 heteroatoms. The van der Waals surface area contributed by atoms with Crippen LogP contribution >= 0.6 is 0 Å². The summed E-state index contributed by atoms with van der Waals surface area (Å²) in [6, 6.07) is 60.2. The number of para-hydroxylation sites is 1. The fraction of sp³-hybridized carbons (Fsp3) is 0. The van der Waals surface area contributed by atoms with E-state index in [1.165, 1.54) is 49.4 Å². The van der Waals surface area contributed by atoms with Gasteiger partial charge < -0.3 is 8.83 Å². The van der Waals surface area contributed by atoms with Crippen molar-refractivity contribution in [2.24, 2.45) is 0 Å². The maximum atomic E-state index is 6.63. The van der Waals surface area contributed by atoms with E-state index < -0.39 is 0 Å². The van der Waals surface area contributed by atoms with Crippen LogP contribution < -0.4 is 0 Å². The average Bonchev–Trinajstić information content (AvgIpc) is 3.75. The van der Waals surface area contributed by atoms with E-state index in [9.17, 15) is 0 Å². The summed E-state index contributed by atoms with van der Waals surface area (Å²) in [5, 5.41) is 8.08. The van der Waals surface area contributed by atoms with E-state index in [0.717, 1.165) is 49.8 Å². The van der Waals surface area contributed by atoms with Crippen LogP contribution in [0.3, 0.4) is 0 Å². The van der Waals surface area contributed by atoms with Gasteiger partial charge in [-0.05, 0) is 67.6 Å². The van der Waals surface area contributed by atoms with Crippen LogP contribution in [0.2, 0.25) is 0 Å². The highest BCUT2D eigenvalue weighted by atomic mass is 16.3. The van der Waals surface area contributed by atoms with Gasteiger partial charge >= 0.3 is 0 Å². The summed E-state index contributed by atoms with van der Waals surface area (Å²) in [5.41, 5.74) is 10.7. The van der Waals surface area contributed by atoms with E-state index in [4.69, 9.17) is 8.83 Å². The van der Waals surface area contributed by atoms with Crippen molar-refractivity contribution in [3.63, 3.8) is 0 Å². The fourth-order valence-electron chi connectivity index (χ4n) is 7.58. The third kappa shape index (κ3) is 4.06. The second-order valence-electron chi connectivity index (χ2n) is 12.4. The Balaban J connectivity index is 1.36. The lowest BCUT2D eigenvalue weighted by Gasteiger charge is -2.19. The van der Waals surface area contributed by atoms with Gasteiger partial charge in [-0.25, -0.2) is 0 Å². The van der Waals surface area contributed by atoms with Gasteiger partial charge in [-0.15, -0.1) is 0 Å². The van der Waals surface area contributed by atoms with Gasteiger partial charge in [-0.1, -0.05) is 146 Å². The van der Waals surface area contributed by atoms with Crippen LogP contribution in [0.25, 0.3) is 99.2 Å². The molecule has 0 aliphatic heterocycles. The summed E-state index contributed by atoms with van der Waals surface area (Å²) in [5.74, 6) is 0.840. The second-order valence-corrected chi connectivity index (χ2v) is 12.4. The summed E-state index contributed by atoms with van der Waals surface area (Å²) < 4.78 is 13.2. The van der Waals surface area contributed by atoms with E-state index in [1.54, 1.807) is 0 Å². The first-order valence-electron chi connectivity index (χ1n) is 16.3. The highest BCUT2D eigenvalue weighted by Gasteiger charge is 2.24. The van der Waals surface area contributed by atoms with Gasteiger partial charge in [0.15, 0.2) is 0 Å². The largest absolute Gasteiger partial charge is 0.456 e. The zero-order valence-electron chi connectivity index (χ0n) is 26.0. The molecule has 48 heavy (non-hydrogen) atoms. The predicted molar refractivity (Wildman–Crippen MR) is 200 cm³/mol. The first kappa shape index (κ1) is 26.8. The first-order chi connectivity index (χ1) is 23.8. The molecular weight excluding hydrogens is 585 g/mol. The highest BCUT2D eigenvalue weighted by Crippen LogP contribution is 2.50. The molecule has 2 nitrogen and oxygen atoms in total. The predicted octanol–water partition coefficient (Wildman–Crippen LogP) is 13.3.